The van der Waals surface area contributed by atoms with Crippen LogP contribution in [0.4, 0.5) is 11.6 Å². The molecular formula is C12H13N4O-. The third-order valence-electron chi connectivity index (χ3n) is 2.19. The standard InChI is InChI=1S/C12H13N4O/c1-9-5-3-7-11(13-9)15-16(17)12-8-4-6-10(2)14-12/h3-8H,1-2H3,(H,13,15)/q-1. The van der Waals surface area contributed by atoms with Gasteiger partial charge in [0.1, 0.15) is 11.6 Å². The van der Waals surface area contributed by atoms with Crippen LogP contribution in [-0.2, 0) is 0 Å². The second-order valence-electron chi connectivity index (χ2n) is 3.71. The van der Waals surface area contributed by atoms with E-state index in [4.69, 9.17) is 0 Å². The molecule has 2 rings (SSSR count). The number of rotatable bonds is 3. The van der Waals surface area contributed by atoms with Gasteiger partial charge < -0.3 is 10.4 Å². The number of nitrogens with zero attached hydrogens (tertiary/aromatic N) is 3. The zero-order chi connectivity index (χ0) is 12.3. The van der Waals surface area contributed by atoms with Crippen LogP contribution in [0.15, 0.2) is 36.4 Å². The van der Waals surface area contributed by atoms with E-state index >= 15 is 0 Å². The Morgan fingerprint density at radius 1 is 1.00 bits per heavy atom. The molecule has 2 aromatic heterocycles. The van der Waals surface area contributed by atoms with Gasteiger partial charge in [0.15, 0.2) is 0 Å². The van der Waals surface area contributed by atoms with E-state index in [1.165, 1.54) is 0 Å². The van der Waals surface area contributed by atoms with Gasteiger partial charge in [0.2, 0.25) is 0 Å². The summed E-state index contributed by atoms with van der Waals surface area (Å²) in [5.41, 5.74) is 4.27. The van der Waals surface area contributed by atoms with Crippen LogP contribution >= 0.6 is 0 Å². The fraction of sp³-hybridized carbons (Fsp3) is 0.167. The smallest absolute Gasteiger partial charge is 0.144 e. The monoisotopic (exact) mass is 229 g/mol. The van der Waals surface area contributed by atoms with Crippen molar-refractivity contribution in [2.75, 3.05) is 10.6 Å². The zero-order valence-corrected chi connectivity index (χ0v) is 9.71. The highest BCUT2D eigenvalue weighted by Gasteiger charge is 1.99. The van der Waals surface area contributed by atoms with E-state index in [1.54, 1.807) is 18.2 Å². The van der Waals surface area contributed by atoms with E-state index in [0.29, 0.717) is 16.8 Å². The van der Waals surface area contributed by atoms with Crippen molar-refractivity contribution in [1.82, 2.24) is 9.97 Å². The number of hydrogen-bond donors (Lipinski definition) is 1. The van der Waals surface area contributed by atoms with Crippen LogP contribution in [0.25, 0.3) is 0 Å². The van der Waals surface area contributed by atoms with Gasteiger partial charge in [-0.05, 0) is 38.1 Å². The Balaban J connectivity index is 2.14. The average molecular weight is 229 g/mol. The predicted molar refractivity (Wildman–Crippen MR) is 67.4 cm³/mol. The highest BCUT2D eigenvalue weighted by Crippen LogP contribution is 2.12. The first kappa shape index (κ1) is 11.3. The molecule has 0 radical (unpaired) electrons. The number of nitrogens with one attached hydrogen (secondary N) is 1. The van der Waals surface area contributed by atoms with E-state index in [2.05, 4.69) is 15.4 Å². The van der Waals surface area contributed by atoms with E-state index < -0.39 is 0 Å². The lowest BCUT2D eigenvalue weighted by Gasteiger charge is -2.30. The molecule has 0 amide bonds. The van der Waals surface area contributed by atoms with Gasteiger partial charge in [0.25, 0.3) is 0 Å². The maximum absolute atomic E-state index is 11.8. The summed E-state index contributed by atoms with van der Waals surface area (Å²) in [6.45, 7) is 3.70. The Morgan fingerprint density at radius 2 is 1.65 bits per heavy atom. The van der Waals surface area contributed by atoms with Gasteiger partial charge in [-0.25, -0.2) is 9.97 Å². The topological polar surface area (TPSA) is 64.1 Å². The van der Waals surface area contributed by atoms with Crippen molar-refractivity contribution < 1.29 is 0 Å². The maximum Gasteiger partial charge on any atom is 0.144 e. The van der Waals surface area contributed by atoms with Crippen LogP contribution in [0.1, 0.15) is 11.4 Å². The SMILES string of the molecule is Cc1cccc(NN([O-])c2cccc(C)n2)n1. The Kier molecular flexibility index (Phi) is 3.20. The van der Waals surface area contributed by atoms with Crippen LogP contribution in [-0.4, -0.2) is 9.97 Å². The van der Waals surface area contributed by atoms with E-state index in [1.807, 2.05) is 32.0 Å². The van der Waals surface area contributed by atoms with E-state index in [0.717, 1.165) is 11.4 Å². The molecule has 0 aliphatic rings. The van der Waals surface area contributed by atoms with Gasteiger partial charge >= 0.3 is 0 Å². The van der Waals surface area contributed by atoms with Crippen LogP contribution in [0.3, 0.4) is 0 Å². The van der Waals surface area contributed by atoms with Gasteiger partial charge in [-0.2, -0.15) is 0 Å². The van der Waals surface area contributed by atoms with Crippen molar-refractivity contribution >= 4 is 11.6 Å². The van der Waals surface area contributed by atoms with Crippen LogP contribution in [0.2, 0.25) is 0 Å². The summed E-state index contributed by atoms with van der Waals surface area (Å²) in [6, 6.07) is 10.7. The van der Waals surface area contributed by atoms with Crippen molar-refractivity contribution in [3.63, 3.8) is 0 Å². The Hall–Kier alpha value is -2.14. The first-order valence-corrected chi connectivity index (χ1v) is 5.26. The molecule has 0 aromatic carbocycles. The second kappa shape index (κ2) is 4.80. The molecule has 88 valence electrons. The Labute approximate surface area is 99.7 Å². The van der Waals surface area contributed by atoms with E-state index in [9.17, 15) is 5.21 Å². The summed E-state index contributed by atoms with van der Waals surface area (Å²) in [4.78, 5) is 8.30. The van der Waals surface area contributed by atoms with Crippen molar-refractivity contribution in [3.8, 4) is 0 Å². The lowest BCUT2D eigenvalue weighted by Crippen LogP contribution is -2.24. The molecule has 0 bridgehead atoms. The van der Waals surface area contributed by atoms with Gasteiger partial charge in [-0.15, -0.1) is 0 Å². The molecule has 5 heteroatoms. The quantitative estimate of drug-likeness (QED) is 0.819. The first-order chi connectivity index (χ1) is 8.15. The Morgan fingerprint density at radius 3 is 2.29 bits per heavy atom. The highest BCUT2D eigenvalue weighted by molar-refractivity contribution is 5.48. The molecular weight excluding hydrogens is 216 g/mol. The van der Waals surface area contributed by atoms with E-state index in [-0.39, 0.29) is 0 Å². The number of pyridine rings is 2. The average Bonchev–Trinajstić information content (AvgIpc) is 2.29. The number of hydrazine groups is 1. The molecule has 2 heterocycles. The molecule has 2 aromatic rings. The molecule has 1 N–H and O–H groups in total. The van der Waals surface area contributed by atoms with Crippen molar-refractivity contribution in [1.29, 1.82) is 0 Å². The van der Waals surface area contributed by atoms with Crippen LogP contribution < -0.4 is 10.6 Å². The molecule has 17 heavy (non-hydrogen) atoms. The second-order valence-corrected chi connectivity index (χ2v) is 3.71. The maximum atomic E-state index is 11.8. The molecule has 0 atom stereocenters. The summed E-state index contributed by atoms with van der Waals surface area (Å²) in [7, 11) is 0. The minimum Gasteiger partial charge on any atom is -0.738 e. The minimum atomic E-state index is 0.313. The third-order valence-corrected chi connectivity index (χ3v) is 2.19. The number of aryl methyl sites for hydroxylation is 2. The zero-order valence-electron chi connectivity index (χ0n) is 9.71. The number of anilines is 2. The molecule has 5 nitrogen and oxygen atoms in total. The molecule has 0 unspecified atom stereocenters. The fourth-order valence-electron chi connectivity index (χ4n) is 1.41. The summed E-state index contributed by atoms with van der Waals surface area (Å²) in [5, 5.41) is 12.4. The normalized spacial score (nSPS) is 10.1. The van der Waals surface area contributed by atoms with Crippen LogP contribution in [0.5, 0.6) is 0 Å². The largest absolute Gasteiger partial charge is 0.738 e. The van der Waals surface area contributed by atoms with Gasteiger partial charge in [-0.1, -0.05) is 12.1 Å². The lowest BCUT2D eigenvalue weighted by molar-refractivity contribution is 1.04. The summed E-state index contributed by atoms with van der Waals surface area (Å²) >= 11 is 0. The number of aromatic nitrogens is 2. The van der Waals surface area contributed by atoms with Gasteiger partial charge in [-0.3, -0.25) is 5.43 Å². The molecule has 0 spiro atoms. The van der Waals surface area contributed by atoms with Gasteiger partial charge in [0.05, 0.1) is 0 Å². The molecule has 0 fully saturated rings. The highest BCUT2D eigenvalue weighted by atomic mass is 16.5. The third kappa shape index (κ3) is 2.92. The number of hydrogen-bond acceptors (Lipinski definition) is 5. The molecule has 0 saturated heterocycles. The first-order valence-electron chi connectivity index (χ1n) is 5.26. The fourth-order valence-corrected chi connectivity index (χ4v) is 1.41. The Bertz CT molecular complexity index is 515. The van der Waals surface area contributed by atoms with Crippen molar-refractivity contribution in [2.45, 2.75) is 13.8 Å². The predicted octanol–water partition coefficient (Wildman–Crippen LogP) is 2.42. The van der Waals surface area contributed by atoms with Gasteiger partial charge in [0, 0.05) is 11.4 Å². The molecule has 0 aliphatic heterocycles. The van der Waals surface area contributed by atoms with Crippen molar-refractivity contribution in [2.24, 2.45) is 0 Å². The van der Waals surface area contributed by atoms with Crippen molar-refractivity contribution in [3.05, 3.63) is 53.0 Å². The minimum absolute atomic E-state index is 0.313. The lowest BCUT2D eigenvalue weighted by atomic mass is 10.4. The van der Waals surface area contributed by atoms with Crippen LogP contribution in [0, 0.1) is 19.1 Å². The summed E-state index contributed by atoms with van der Waals surface area (Å²) < 4.78 is 0. The molecule has 0 aliphatic carbocycles. The molecule has 0 saturated carbocycles. The summed E-state index contributed by atoms with van der Waals surface area (Å²) in [5.74, 6) is 0.816. The summed E-state index contributed by atoms with van der Waals surface area (Å²) in [6.07, 6.45) is 0.